The van der Waals surface area contributed by atoms with Crippen molar-refractivity contribution >= 4 is 47.2 Å². The van der Waals surface area contributed by atoms with E-state index in [2.05, 4.69) is 0 Å². The van der Waals surface area contributed by atoms with Crippen LogP contribution in [0.3, 0.4) is 0 Å². The summed E-state index contributed by atoms with van der Waals surface area (Å²) in [7, 11) is 0. The molecule has 1 aliphatic rings. The van der Waals surface area contributed by atoms with Gasteiger partial charge in [-0.15, -0.1) is 12.4 Å². The molecule has 2 N–H and O–H groups in total. The van der Waals surface area contributed by atoms with Gasteiger partial charge in [0.05, 0.1) is 10.0 Å². The predicted octanol–water partition coefficient (Wildman–Crippen LogP) is 4.87. The van der Waals surface area contributed by atoms with Gasteiger partial charge < -0.3 is 5.73 Å². The van der Waals surface area contributed by atoms with Crippen molar-refractivity contribution in [3.05, 3.63) is 32.8 Å². The van der Waals surface area contributed by atoms with Crippen molar-refractivity contribution in [3.63, 3.8) is 0 Å². The third-order valence-corrected chi connectivity index (χ3v) is 4.22. The molecule has 0 aliphatic heterocycles. The molecule has 1 atom stereocenters. The monoisotopic (exact) mass is 299 g/mol. The van der Waals surface area contributed by atoms with Crippen molar-refractivity contribution in [1.82, 2.24) is 0 Å². The average Bonchev–Trinajstić information content (AvgIpc) is 2.09. The van der Waals surface area contributed by atoms with Crippen molar-refractivity contribution in [2.75, 3.05) is 0 Å². The minimum Gasteiger partial charge on any atom is -0.324 e. The maximum absolute atomic E-state index is 6.14. The van der Waals surface area contributed by atoms with E-state index in [4.69, 9.17) is 40.5 Å². The van der Waals surface area contributed by atoms with Gasteiger partial charge in [0, 0.05) is 16.6 Å². The third kappa shape index (κ3) is 2.60. The van der Waals surface area contributed by atoms with Gasteiger partial charge in [-0.05, 0) is 30.9 Å². The molecule has 0 bridgehead atoms. The first-order valence-electron chi connectivity index (χ1n) is 5.00. The molecule has 1 nitrogen and oxygen atoms in total. The van der Waals surface area contributed by atoms with E-state index < -0.39 is 0 Å². The Hall–Kier alpha value is 0.340. The second kappa shape index (κ2) is 5.79. The number of hydrogen-bond acceptors (Lipinski definition) is 1. The van der Waals surface area contributed by atoms with E-state index in [1.807, 2.05) is 0 Å². The molecule has 1 aliphatic carbocycles. The Morgan fingerprint density at radius 3 is 2.19 bits per heavy atom. The predicted molar refractivity (Wildman–Crippen MR) is 73.0 cm³/mol. The summed E-state index contributed by atoms with van der Waals surface area (Å²) >= 11 is 18.2. The molecule has 0 spiro atoms. The first-order chi connectivity index (χ1) is 7.11. The summed E-state index contributed by atoms with van der Waals surface area (Å²) in [6, 6.07) is 3.37. The van der Waals surface area contributed by atoms with Crippen LogP contribution in [0.5, 0.6) is 0 Å². The molecule has 1 aromatic rings. The number of benzene rings is 1. The van der Waals surface area contributed by atoms with Crippen LogP contribution in [0.1, 0.15) is 30.9 Å². The molecule has 16 heavy (non-hydrogen) atoms. The Bertz CT molecular complexity index is 376. The Balaban J connectivity index is 0.00000128. The van der Waals surface area contributed by atoms with Gasteiger partial charge in [0.15, 0.2) is 0 Å². The second-order valence-corrected chi connectivity index (χ2v) is 5.17. The summed E-state index contributed by atoms with van der Waals surface area (Å²) < 4.78 is 0. The van der Waals surface area contributed by atoms with E-state index >= 15 is 0 Å². The summed E-state index contributed by atoms with van der Waals surface area (Å²) in [6.45, 7) is 0. The smallest absolute Gasteiger partial charge is 0.0655 e. The lowest BCUT2D eigenvalue weighted by Crippen LogP contribution is -2.27. The van der Waals surface area contributed by atoms with Crippen LogP contribution < -0.4 is 5.73 Å². The van der Waals surface area contributed by atoms with Gasteiger partial charge >= 0.3 is 0 Å². The molecule has 0 amide bonds. The molecule has 0 aromatic heterocycles. The highest BCUT2D eigenvalue weighted by molar-refractivity contribution is 6.44. The van der Waals surface area contributed by atoms with Crippen molar-refractivity contribution in [1.29, 1.82) is 0 Å². The molecule has 5 heteroatoms. The average molecular weight is 301 g/mol. The fourth-order valence-corrected chi connectivity index (χ4v) is 2.67. The number of rotatable bonds is 2. The van der Waals surface area contributed by atoms with Crippen molar-refractivity contribution in [3.8, 4) is 0 Å². The zero-order valence-electron chi connectivity index (χ0n) is 8.55. The van der Waals surface area contributed by atoms with Crippen LogP contribution >= 0.6 is 47.2 Å². The molecule has 0 saturated heterocycles. The van der Waals surface area contributed by atoms with Crippen LogP contribution in [-0.4, -0.2) is 0 Å². The fourth-order valence-electron chi connectivity index (χ4n) is 1.88. The summed E-state index contributed by atoms with van der Waals surface area (Å²) in [4.78, 5) is 0. The van der Waals surface area contributed by atoms with Crippen LogP contribution in [0.15, 0.2) is 12.1 Å². The van der Waals surface area contributed by atoms with Crippen LogP contribution in [-0.2, 0) is 0 Å². The summed E-state index contributed by atoms with van der Waals surface area (Å²) in [5.41, 5.74) is 6.94. The SMILES string of the molecule is Cl.N[C@@H](c1c(Cl)ccc(Cl)c1Cl)C1CCC1. The lowest BCUT2D eigenvalue weighted by molar-refractivity contribution is 0.264. The molecular formula is C11H13Cl4N. The molecule has 0 heterocycles. The van der Waals surface area contributed by atoms with Gasteiger partial charge in [0.25, 0.3) is 0 Å². The Labute approximate surface area is 117 Å². The first kappa shape index (κ1) is 14.4. The Morgan fingerprint density at radius 2 is 1.69 bits per heavy atom. The number of nitrogens with two attached hydrogens (primary N) is 1. The molecule has 1 aromatic carbocycles. The van der Waals surface area contributed by atoms with Gasteiger partial charge in [-0.3, -0.25) is 0 Å². The lowest BCUT2D eigenvalue weighted by atomic mass is 9.77. The van der Waals surface area contributed by atoms with Gasteiger partial charge in [-0.25, -0.2) is 0 Å². The molecule has 0 radical (unpaired) electrons. The maximum Gasteiger partial charge on any atom is 0.0655 e. The van der Waals surface area contributed by atoms with E-state index in [0.717, 1.165) is 18.4 Å². The van der Waals surface area contributed by atoms with E-state index in [9.17, 15) is 0 Å². The molecule has 90 valence electrons. The summed E-state index contributed by atoms with van der Waals surface area (Å²) in [5, 5.41) is 1.64. The molecule has 2 rings (SSSR count). The molecular weight excluding hydrogens is 288 g/mol. The minimum atomic E-state index is -0.0857. The van der Waals surface area contributed by atoms with Crippen molar-refractivity contribution in [2.24, 2.45) is 11.7 Å². The van der Waals surface area contributed by atoms with E-state index in [1.54, 1.807) is 12.1 Å². The quantitative estimate of drug-likeness (QED) is 0.775. The van der Waals surface area contributed by atoms with Crippen LogP contribution in [0.2, 0.25) is 15.1 Å². The fraction of sp³-hybridized carbons (Fsp3) is 0.455. The second-order valence-electron chi connectivity index (χ2n) is 3.97. The molecule has 1 saturated carbocycles. The third-order valence-electron chi connectivity index (χ3n) is 3.07. The highest BCUT2D eigenvalue weighted by Crippen LogP contribution is 2.42. The molecule has 1 fully saturated rings. The number of halogens is 4. The van der Waals surface area contributed by atoms with Crippen molar-refractivity contribution in [2.45, 2.75) is 25.3 Å². The van der Waals surface area contributed by atoms with Crippen LogP contribution in [0, 0.1) is 5.92 Å². The normalized spacial score (nSPS) is 17.5. The molecule has 0 unspecified atom stereocenters. The van der Waals surface area contributed by atoms with Crippen molar-refractivity contribution < 1.29 is 0 Å². The lowest BCUT2D eigenvalue weighted by Gasteiger charge is -2.32. The van der Waals surface area contributed by atoms with E-state index in [0.29, 0.717) is 21.0 Å². The van der Waals surface area contributed by atoms with E-state index in [-0.39, 0.29) is 18.4 Å². The Morgan fingerprint density at radius 1 is 1.12 bits per heavy atom. The van der Waals surface area contributed by atoms with Gasteiger partial charge in [-0.2, -0.15) is 0 Å². The van der Waals surface area contributed by atoms with Crippen LogP contribution in [0.25, 0.3) is 0 Å². The maximum atomic E-state index is 6.14. The zero-order valence-corrected chi connectivity index (χ0v) is 11.6. The topological polar surface area (TPSA) is 26.0 Å². The van der Waals surface area contributed by atoms with Crippen LogP contribution in [0.4, 0.5) is 0 Å². The largest absolute Gasteiger partial charge is 0.324 e. The minimum absolute atomic E-state index is 0. The summed E-state index contributed by atoms with van der Waals surface area (Å²) in [6.07, 6.45) is 3.55. The Kier molecular flexibility index (Phi) is 5.21. The number of hydrogen-bond donors (Lipinski definition) is 1. The van der Waals surface area contributed by atoms with E-state index in [1.165, 1.54) is 6.42 Å². The van der Waals surface area contributed by atoms with Gasteiger partial charge in [-0.1, -0.05) is 41.2 Å². The van der Waals surface area contributed by atoms with Gasteiger partial charge in [0.2, 0.25) is 0 Å². The standard InChI is InChI=1S/C11H12Cl3N.ClH/c12-7-4-5-8(13)10(14)9(7)11(15)6-2-1-3-6;/h4-6,11H,1-3,15H2;1H/t11-;/m1./s1. The highest BCUT2D eigenvalue weighted by atomic mass is 35.5. The zero-order chi connectivity index (χ0) is 11.0. The van der Waals surface area contributed by atoms with Gasteiger partial charge in [0.1, 0.15) is 0 Å². The summed E-state index contributed by atoms with van der Waals surface area (Å²) in [5.74, 6) is 0.499. The highest BCUT2D eigenvalue weighted by Gasteiger charge is 2.28. The first-order valence-corrected chi connectivity index (χ1v) is 6.13.